The highest BCUT2D eigenvalue weighted by Gasteiger charge is 1.94. The molecule has 0 saturated carbocycles. The molecule has 0 bridgehead atoms. The van der Waals surface area contributed by atoms with E-state index in [0.29, 0.717) is 0 Å². The second kappa shape index (κ2) is 6.66. The second-order valence-corrected chi connectivity index (χ2v) is 4.12. The molecule has 0 aromatic rings. The predicted molar refractivity (Wildman–Crippen MR) is 53.9 cm³/mol. The molecule has 0 amide bonds. The Morgan fingerprint density at radius 3 is 1.55 bits per heavy atom. The van der Waals surface area contributed by atoms with Crippen LogP contribution in [0, 0.1) is 11.8 Å². The van der Waals surface area contributed by atoms with E-state index in [9.17, 15) is 0 Å². The van der Waals surface area contributed by atoms with E-state index in [1.807, 2.05) is 0 Å². The van der Waals surface area contributed by atoms with E-state index >= 15 is 0 Å². The van der Waals surface area contributed by atoms with Gasteiger partial charge in [-0.05, 0) is 37.8 Å². The van der Waals surface area contributed by atoms with Gasteiger partial charge >= 0.3 is 0 Å². The van der Waals surface area contributed by atoms with Crippen LogP contribution in [0.25, 0.3) is 0 Å². The van der Waals surface area contributed by atoms with Gasteiger partial charge in [-0.1, -0.05) is 27.7 Å². The van der Waals surface area contributed by atoms with Crippen LogP contribution in [0.2, 0.25) is 0 Å². The SMILES string of the molecule is CC(C)CCNCCC(C)C.[HH]. The Hall–Kier alpha value is -0.0400. The summed E-state index contributed by atoms with van der Waals surface area (Å²) >= 11 is 0. The number of nitrogens with one attached hydrogen (secondary N) is 1. The zero-order chi connectivity index (χ0) is 8.69. The molecule has 0 aromatic heterocycles. The van der Waals surface area contributed by atoms with Gasteiger partial charge in [0.05, 0.1) is 0 Å². The third kappa shape index (κ3) is 9.96. The van der Waals surface area contributed by atoms with E-state index < -0.39 is 0 Å². The maximum absolute atomic E-state index is 3.45. The standard InChI is InChI=1S/C10H23N.H2/c1-9(2)5-7-11-8-6-10(3)4;/h9-11H,5-8H2,1-4H3;1H. The fraction of sp³-hybridized carbons (Fsp3) is 1.00. The van der Waals surface area contributed by atoms with Crippen LogP contribution in [0.1, 0.15) is 42.0 Å². The Morgan fingerprint density at radius 2 is 1.27 bits per heavy atom. The summed E-state index contributed by atoms with van der Waals surface area (Å²) in [6, 6.07) is 0. The van der Waals surface area contributed by atoms with E-state index in [1.165, 1.54) is 25.9 Å². The maximum atomic E-state index is 3.45. The van der Waals surface area contributed by atoms with Crippen LogP contribution in [-0.2, 0) is 0 Å². The molecule has 0 aliphatic heterocycles. The molecule has 0 unspecified atom stereocenters. The molecular weight excluding hydrogens is 134 g/mol. The molecule has 0 atom stereocenters. The molecule has 0 heterocycles. The molecule has 0 spiro atoms. The molecule has 1 heteroatoms. The molecule has 11 heavy (non-hydrogen) atoms. The van der Waals surface area contributed by atoms with Gasteiger partial charge in [-0.2, -0.15) is 0 Å². The van der Waals surface area contributed by atoms with Gasteiger partial charge in [-0.15, -0.1) is 0 Å². The Morgan fingerprint density at radius 1 is 0.909 bits per heavy atom. The molecule has 1 nitrogen and oxygen atoms in total. The van der Waals surface area contributed by atoms with Crippen molar-refractivity contribution in [1.29, 1.82) is 0 Å². The van der Waals surface area contributed by atoms with Crippen molar-refractivity contribution in [2.24, 2.45) is 11.8 Å². The maximum Gasteiger partial charge on any atom is 0 e. The Kier molecular flexibility index (Phi) is 6.63. The zero-order valence-corrected chi connectivity index (χ0v) is 8.48. The van der Waals surface area contributed by atoms with Crippen molar-refractivity contribution in [3.63, 3.8) is 0 Å². The van der Waals surface area contributed by atoms with Crippen LogP contribution >= 0.6 is 0 Å². The van der Waals surface area contributed by atoms with Crippen LogP contribution in [0.5, 0.6) is 0 Å². The smallest absolute Gasteiger partial charge is 0 e. The van der Waals surface area contributed by atoms with Crippen molar-refractivity contribution in [3.8, 4) is 0 Å². The number of rotatable bonds is 6. The summed E-state index contributed by atoms with van der Waals surface area (Å²) in [4.78, 5) is 0. The normalized spacial score (nSPS) is 11.5. The van der Waals surface area contributed by atoms with Crippen molar-refractivity contribution < 1.29 is 1.43 Å². The lowest BCUT2D eigenvalue weighted by molar-refractivity contribution is 0.498. The zero-order valence-electron chi connectivity index (χ0n) is 8.48. The first kappa shape index (κ1) is 11.0. The van der Waals surface area contributed by atoms with Crippen LogP contribution in [-0.4, -0.2) is 13.1 Å². The lowest BCUT2D eigenvalue weighted by atomic mass is 10.1. The molecule has 0 rings (SSSR count). The van der Waals surface area contributed by atoms with Gasteiger partial charge in [0.1, 0.15) is 0 Å². The average Bonchev–Trinajstić information content (AvgIpc) is 1.85. The van der Waals surface area contributed by atoms with Crippen LogP contribution in [0.15, 0.2) is 0 Å². The summed E-state index contributed by atoms with van der Waals surface area (Å²) in [6.07, 6.45) is 2.61. The van der Waals surface area contributed by atoms with Gasteiger partial charge < -0.3 is 5.32 Å². The van der Waals surface area contributed by atoms with Crippen LogP contribution in [0.3, 0.4) is 0 Å². The van der Waals surface area contributed by atoms with Gasteiger partial charge in [-0.25, -0.2) is 0 Å². The first-order chi connectivity index (χ1) is 5.13. The topological polar surface area (TPSA) is 12.0 Å². The Labute approximate surface area is 73.1 Å². The molecule has 0 aliphatic carbocycles. The Balaban J connectivity index is 0. The highest BCUT2D eigenvalue weighted by atomic mass is 14.8. The van der Waals surface area contributed by atoms with Crippen molar-refractivity contribution in [2.45, 2.75) is 40.5 Å². The summed E-state index contributed by atoms with van der Waals surface area (Å²) in [5.41, 5.74) is 0. The molecule has 0 radical (unpaired) electrons. The van der Waals surface area contributed by atoms with Crippen LogP contribution < -0.4 is 5.32 Å². The molecule has 1 N–H and O–H groups in total. The summed E-state index contributed by atoms with van der Waals surface area (Å²) in [5.74, 6) is 1.67. The van der Waals surface area contributed by atoms with Gasteiger partial charge in [0, 0.05) is 1.43 Å². The summed E-state index contributed by atoms with van der Waals surface area (Å²) in [6.45, 7) is 11.4. The monoisotopic (exact) mass is 159 g/mol. The van der Waals surface area contributed by atoms with Crippen LogP contribution in [0.4, 0.5) is 0 Å². The van der Waals surface area contributed by atoms with E-state index in [2.05, 4.69) is 33.0 Å². The summed E-state index contributed by atoms with van der Waals surface area (Å²) < 4.78 is 0. The van der Waals surface area contributed by atoms with Crippen molar-refractivity contribution in [2.75, 3.05) is 13.1 Å². The summed E-state index contributed by atoms with van der Waals surface area (Å²) in [7, 11) is 0. The highest BCUT2D eigenvalue weighted by molar-refractivity contribution is 4.52. The summed E-state index contributed by atoms with van der Waals surface area (Å²) in [5, 5.41) is 3.45. The first-order valence-electron chi connectivity index (χ1n) is 4.83. The lowest BCUT2D eigenvalue weighted by Gasteiger charge is -2.07. The van der Waals surface area contributed by atoms with Crippen molar-refractivity contribution in [3.05, 3.63) is 0 Å². The minimum Gasteiger partial charge on any atom is -0.317 e. The average molecular weight is 159 g/mol. The molecule has 70 valence electrons. The predicted octanol–water partition coefficient (Wildman–Crippen LogP) is 2.91. The van der Waals surface area contributed by atoms with Gasteiger partial charge in [-0.3, -0.25) is 0 Å². The third-order valence-electron chi connectivity index (χ3n) is 1.80. The lowest BCUT2D eigenvalue weighted by Crippen LogP contribution is -2.19. The molecule has 0 saturated heterocycles. The number of hydrogen-bond acceptors (Lipinski definition) is 1. The Bertz CT molecular complexity index is 71.9. The van der Waals surface area contributed by atoms with Crippen molar-refractivity contribution >= 4 is 0 Å². The van der Waals surface area contributed by atoms with Gasteiger partial charge in [0.2, 0.25) is 0 Å². The van der Waals surface area contributed by atoms with E-state index in [-0.39, 0.29) is 1.43 Å². The molecule has 0 aromatic carbocycles. The van der Waals surface area contributed by atoms with E-state index in [1.54, 1.807) is 0 Å². The number of hydrogen-bond donors (Lipinski definition) is 1. The highest BCUT2D eigenvalue weighted by Crippen LogP contribution is 1.98. The van der Waals surface area contributed by atoms with E-state index in [4.69, 9.17) is 0 Å². The quantitative estimate of drug-likeness (QED) is 0.588. The van der Waals surface area contributed by atoms with Gasteiger partial charge in [0.15, 0.2) is 0 Å². The minimum atomic E-state index is 0. The first-order valence-corrected chi connectivity index (χ1v) is 4.83. The van der Waals surface area contributed by atoms with Gasteiger partial charge in [0.25, 0.3) is 0 Å². The van der Waals surface area contributed by atoms with Crippen molar-refractivity contribution in [1.82, 2.24) is 5.32 Å². The largest absolute Gasteiger partial charge is 0.317 e. The molecule has 0 fully saturated rings. The fourth-order valence-corrected chi connectivity index (χ4v) is 0.906. The van der Waals surface area contributed by atoms with E-state index in [0.717, 1.165) is 11.8 Å². The minimum absolute atomic E-state index is 0. The third-order valence-corrected chi connectivity index (χ3v) is 1.80. The molecule has 0 aliphatic rings. The second-order valence-electron chi connectivity index (χ2n) is 4.12. The fourth-order valence-electron chi connectivity index (χ4n) is 0.906. The molecular formula is C10H25N.